The fourth-order valence-electron chi connectivity index (χ4n) is 1.42. The topological polar surface area (TPSA) is 38.9 Å². The number of aromatic nitrogens is 1. The Hall–Kier alpha value is -1.56. The molecular formula is C11H6BrF3N2. The Bertz CT molecular complexity index is 587. The minimum absolute atomic E-state index is 0.00880. The first-order valence-electron chi connectivity index (χ1n) is 4.55. The molecule has 0 spiro atoms. The Morgan fingerprint density at radius 1 is 1.18 bits per heavy atom. The molecule has 0 saturated carbocycles. The molecule has 0 aliphatic carbocycles. The van der Waals surface area contributed by atoms with Crippen LogP contribution in [0.5, 0.6) is 0 Å². The lowest BCUT2D eigenvalue weighted by molar-refractivity contribution is 0.505. The maximum Gasteiger partial charge on any atom is 0.213 e. The first-order valence-corrected chi connectivity index (χ1v) is 5.35. The smallest absolute Gasteiger partial charge is 0.213 e. The van der Waals surface area contributed by atoms with Crippen molar-refractivity contribution in [2.45, 2.75) is 0 Å². The number of nitrogens with zero attached hydrogens (tertiary/aromatic N) is 1. The number of rotatable bonds is 1. The van der Waals surface area contributed by atoms with Gasteiger partial charge in [0.2, 0.25) is 5.95 Å². The van der Waals surface area contributed by atoms with E-state index in [1.54, 1.807) is 0 Å². The van der Waals surface area contributed by atoms with Gasteiger partial charge in [0.25, 0.3) is 0 Å². The molecule has 17 heavy (non-hydrogen) atoms. The van der Waals surface area contributed by atoms with Gasteiger partial charge in [-0.15, -0.1) is 0 Å². The van der Waals surface area contributed by atoms with Crippen molar-refractivity contribution in [1.82, 2.24) is 4.98 Å². The minimum atomic E-state index is -1.07. The number of hydrogen-bond acceptors (Lipinski definition) is 2. The van der Waals surface area contributed by atoms with E-state index in [9.17, 15) is 13.2 Å². The fourth-order valence-corrected chi connectivity index (χ4v) is 1.82. The molecule has 0 amide bonds. The van der Waals surface area contributed by atoms with Crippen LogP contribution in [0.4, 0.5) is 18.9 Å². The first-order chi connectivity index (χ1) is 8.00. The van der Waals surface area contributed by atoms with Crippen molar-refractivity contribution in [2.75, 3.05) is 5.73 Å². The molecule has 0 unspecified atom stereocenters. The SMILES string of the molecule is Nc1c(-c2ccnc(F)c2)cc(F)c(F)c1Br. The maximum absolute atomic E-state index is 13.2. The largest absolute Gasteiger partial charge is 0.397 e. The van der Waals surface area contributed by atoms with Gasteiger partial charge >= 0.3 is 0 Å². The van der Waals surface area contributed by atoms with Crippen molar-refractivity contribution in [1.29, 1.82) is 0 Å². The maximum atomic E-state index is 13.2. The van der Waals surface area contributed by atoms with Gasteiger partial charge in [0.15, 0.2) is 11.6 Å². The van der Waals surface area contributed by atoms with Crippen molar-refractivity contribution < 1.29 is 13.2 Å². The number of benzene rings is 1. The molecule has 88 valence electrons. The average Bonchev–Trinajstić information content (AvgIpc) is 2.31. The van der Waals surface area contributed by atoms with Gasteiger partial charge in [0, 0.05) is 17.8 Å². The number of anilines is 1. The molecular weight excluding hydrogens is 297 g/mol. The van der Waals surface area contributed by atoms with Crippen LogP contribution >= 0.6 is 15.9 Å². The normalized spacial score (nSPS) is 10.6. The molecule has 2 aromatic rings. The van der Waals surface area contributed by atoms with Gasteiger partial charge in [-0.1, -0.05) is 0 Å². The number of nitrogen functional groups attached to an aromatic ring is 1. The zero-order chi connectivity index (χ0) is 12.6. The molecule has 1 aromatic carbocycles. The van der Waals surface area contributed by atoms with E-state index in [4.69, 9.17) is 5.73 Å². The summed E-state index contributed by atoms with van der Waals surface area (Å²) in [7, 11) is 0. The summed E-state index contributed by atoms with van der Waals surface area (Å²) in [5, 5.41) is 0. The highest BCUT2D eigenvalue weighted by Gasteiger charge is 2.15. The molecule has 0 fully saturated rings. The lowest BCUT2D eigenvalue weighted by Crippen LogP contribution is -1.98. The highest BCUT2D eigenvalue weighted by atomic mass is 79.9. The van der Waals surface area contributed by atoms with Crippen LogP contribution in [0.1, 0.15) is 0 Å². The van der Waals surface area contributed by atoms with Gasteiger partial charge in [-0.2, -0.15) is 4.39 Å². The molecule has 6 heteroatoms. The summed E-state index contributed by atoms with van der Waals surface area (Å²) in [6.45, 7) is 0. The molecule has 0 atom stereocenters. The van der Waals surface area contributed by atoms with Gasteiger partial charge in [-0.05, 0) is 33.6 Å². The Labute approximate surface area is 103 Å². The lowest BCUT2D eigenvalue weighted by Gasteiger charge is -2.09. The summed E-state index contributed by atoms with van der Waals surface area (Å²) >= 11 is 2.85. The summed E-state index contributed by atoms with van der Waals surface area (Å²) in [6.07, 6.45) is 1.22. The van der Waals surface area contributed by atoms with E-state index in [2.05, 4.69) is 20.9 Å². The van der Waals surface area contributed by atoms with Gasteiger partial charge in [-0.25, -0.2) is 13.8 Å². The summed E-state index contributed by atoms with van der Waals surface area (Å²) in [6, 6.07) is 3.47. The minimum Gasteiger partial charge on any atom is -0.397 e. The summed E-state index contributed by atoms with van der Waals surface area (Å²) in [4.78, 5) is 3.37. The quantitative estimate of drug-likeness (QED) is 0.497. The monoisotopic (exact) mass is 302 g/mol. The second-order valence-corrected chi connectivity index (χ2v) is 4.11. The van der Waals surface area contributed by atoms with Crippen LogP contribution in [0.3, 0.4) is 0 Å². The first kappa shape index (κ1) is 11.9. The molecule has 1 aromatic heterocycles. The number of pyridine rings is 1. The zero-order valence-corrected chi connectivity index (χ0v) is 9.93. The molecule has 2 rings (SSSR count). The highest BCUT2D eigenvalue weighted by Crippen LogP contribution is 2.35. The van der Waals surface area contributed by atoms with Crippen LogP contribution in [-0.2, 0) is 0 Å². The van der Waals surface area contributed by atoms with Crippen molar-refractivity contribution in [3.05, 3.63) is 46.5 Å². The van der Waals surface area contributed by atoms with E-state index >= 15 is 0 Å². The number of halogens is 4. The Morgan fingerprint density at radius 3 is 2.53 bits per heavy atom. The number of hydrogen-bond donors (Lipinski definition) is 1. The number of nitrogens with two attached hydrogens (primary N) is 1. The van der Waals surface area contributed by atoms with Crippen LogP contribution in [0.15, 0.2) is 28.9 Å². The molecule has 0 aliphatic rings. The molecule has 0 aliphatic heterocycles. The van der Waals surface area contributed by atoms with E-state index in [0.29, 0.717) is 5.56 Å². The van der Waals surface area contributed by atoms with Crippen LogP contribution in [0.2, 0.25) is 0 Å². The third kappa shape index (κ3) is 2.12. The standard InChI is InChI=1S/C11H6BrF3N2/c12-9-10(15)7(13)4-6(11(9)16)5-1-2-17-8(14)3-5/h1-4H,16H2. The van der Waals surface area contributed by atoms with Gasteiger partial charge in [-0.3, -0.25) is 0 Å². The zero-order valence-electron chi connectivity index (χ0n) is 8.35. The van der Waals surface area contributed by atoms with Gasteiger partial charge in [0.1, 0.15) is 0 Å². The van der Waals surface area contributed by atoms with E-state index in [1.165, 1.54) is 12.3 Å². The van der Waals surface area contributed by atoms with Gasteiger partial charge < -0.3 is 5.73 Å². The van der Waals surface area contributed by atoms with Crippen molar-refractivity contribution >= 4 is 21.6 Å². The molecule has 0 bridgehead atoms. The Kier molecular flexibility index (Phi) is 3.06. The molecule has 1 heterocycles. The second kappa shape index (κ2) is 4.37. The molecule has 2 N–H and O–H groups in total. The second-order valence-electron chi connectivity index (χ2n) is 3.31. The van der Waals surface area contributed by atoms with Crippen molar-refractivity contribution in [3.63, 3.8) is 0 Å². The molecule has 0 radical (unpaired) electrons. The average molecular weight is 303 g/mol. The van der Waals surface area contributed by atoms with E-state index in [-0.39, 0.29) is 15.7 Å². The Balaban J connectivity index is 2.68. The van der Waals surface area contributed by atoms with E-state index in [1.807, 2.05) is 0 Å². The predicted octanol–water partition coefficient (Wildman–Crippen LogP) is 3.51. The van der Waals surface area contributed by atoms with Crippen LogP contribution in [-0.4, -0.2) is 4.98 Å². The third-order valence-corrected chi connectivity index (χ3v) is 3.01. The molecule has 2 nitrogen and oxygen atoms in total. The fraction of sp³-hybridized carbons (Fsp3) is 0. The lowest BCUT2D eigenvalue weighted by atomic mass is 10.0. The van der Waals surface area contributed by atoms with E-state index in [0.717, 1.165) is 12.1 Å². The summed E-state index contributed by atoms with van der Waals surface area (Å²) < 4.78 is 39.2. The van der Waals surface area contributed by atoms with Gasteiger partial charge in [0.05, 0.1) is 10.2 Å². The Morgan fingerprint density at radius 2 is 1.88 bits per heavy atom. The highest BCUT2D eigenvalue weighted by molar-refractivity contribution is 9.10. The summed E-state index contributed by atoms with van der Waals surface area (Å²) in [5.74, 6) is -2.85. The summed E-state index contributed by atoms with van der Waals surface area (Å²) in [5.41, 5.74) is 6.18. The third-order valence-electron chi connectivity index (χ3n) is 2.24. The van der Waals surface area contributed by atoms with Crippen molar-refractivity contribution in [2.24, 2.45) is 0 Å². The van der Waals surface area contributed by atoms with Crippen molar-refractivity contribution in [3.8, 4) is 11.1 Å². The van der Waals surface area contributed by atoms with Crippen LogP contribution < -0.4 is 5.73 Å². The van der Waals surface area contributed by atoms with Crippen LogP contribution in [0, 0.1) is 17.6 Å². The van der Waals surface area contributed by atoms with E-state index < -0.39 is 17.6 Å². The molecule has 0 saturated heterocycles. The predicted molar refractivity (Wildman–Crippen MR) is 61.7 cm³/mol. The van der Waals surface area contributed by atoms with Crippen LogP contribution in [0.25, 0.3) is 11.1 Å².